The Labute approximate surface area is 158 Å². The van der Waals surface area contributed by atoms with E-state index in [1.165, 1.54) is 0 Å². The van der Waals surface area contributed by atoms with Crippen LogP contribution in [0.3, 0.4) is 0 Å². The molecule has 0 unspecified atom stereocenters. The van der Waals surface area contributed by atoms with Gasteiger partial charge in [0.05, 0.1) is 17.1 Å². The van der Waals surface area contributed by atoms with Gasteiger partial charge in [-0.05, 0) is 30.6 Å². The number of hydrogen-bond acceptors (Lipinski definition) is 6. The number of aryl methyl sites for hydroxylation is 1. The lowest BCUT2D eigenvalue weighted by Gasteiger charge is -2.16. The number of para-hydroxylation sites is 2. The molecule has 142 valence electrons. The van der Waals surface area contributed by atoms with Crippen molar-refractivity contribution < 1.29 is 4.79 Å². The highest BCUT2D eigenvalue weighted by Crippen LogP contribution is 2.20. The van der Waals surface area contributed by atoms with Crippen LogP contribution in [0.2, 0.25) is 0 Å². The molecule has 2 heterocycles. The third-order valence-electron chi connectivity index (χ3n) is 4.05. The van der Waals surface area contributed by atoms with Crippen LogP contribution in [0.5, 0.6) is 0 Å². The molecule has 0 spiro atoms. The number of aromatic nitrogens is 5. The molecular formula is C17H20N6O3S. The first-order valence-corrected chi connectivity index (χ1v) is 9.87. The molecule has 10 heteroatoms. The largest absolute Gasteiger partial charge is 0.346 e. The SMILES string of the molecule is CSCC[C@@H](NC(=O)CCc1n[nH]c(=O)[nH]c1=O)c1nc2ccccc2[nH]1. The number of nitrogens with zero attached hydrogens (tertiary/aromatic N) is 2. The normalized spacial score (nSPS) is 12.2. The number of rotatable bonds is 8. The van der Waals surface area contributed by atoms with Crippen LogP contribution in [0.4, 0.5) is 0 Å². The molecule has 3 rings (SSSR count). The molecule has 3 aromatic rings. The molecule has 1 aromatic carbocycles. The van der Waals surface area contributed by atoms with Crippen LogP contribution in [0.1, 0.15) is 30.4 Å². The van der Waals surface area contributed by atoms with Crippen molar-refractivity contribution in [3.63, 3.8) is 0 Å². The molecule has 0 radical (unpaired) electrons. The Balaban J connectivity index is 1.68. The highest BCUT2D eigenvalue weighted by atomic mass is 32.2. The molecule has 4 N–H and O–H groups in total. The van der Waals surface area contributed by atoms with Gasteiger partial charge in [0, 0.05) is 12.8 Å². The third-order valence-corrected chi connectivity index (χ3v) is 4.70. The maximum atomic E-state index is 12.4. The van der Waals surface area contributed by atoms with E-state index < -0.39 is 11.2 Å². The van der Waals surface area contributed by atoms with E-state index in [0.717, 1.165) is 23.2 Å². The van der Waals surface area contributed by atoms with Gasteiger partial charge in [0.1, 0.15) is 11.5 Å². The number of fused-ring (bicyclic) bond motifs is 1. The summed E-state index contributed by atoms with van der Waals surface area (Å²) in [6.07, 6.45) is 2.95. The Morgan fingerprint density at radius 3 is 2.81 bits per heavy atom. The van der Waals surface area contributed by atoms with Gasteiger partial charge in [0.25, 0.3) is 5.56 Å². The summed E-state index contributed by atoms with van der Waals surface area (Å²) in [7, 11) is 0. The average molecular weight is 388 g/mol. The molecule has 1 amide bonds. The Bertz CT molecular complexity index is 1010. The fraction of sp³-hybridized carbons (Fsp3) is 0.353. The van der Waals surface area contributed by atoms with Gasteiger partial charge in [0.15, 0.2) is 0 Å². The van der Waals surface area contributed by atoms with Crippen LogP contribution < -0.4 is 16.6 Å². The van der Waals surface area contributed by atoms with Crippen molar-refractivity contribution in [2.75, 3.05) is 12.0 Å². The summed E-state index contributed by atoms with van der Waals surface area (Å²) in [6.45, 7) is 0. The Hall–Kier alpha value is -2.88. The van der Waals surface area contributed by atoms with Crippen molar-refractivity contribution in [3.05, 3.63) is 56.6 Å². The zero-order chi connectivity index (χ0) is 19.2. The number of carbonyl (C=O) groups is 1. The van der Waals surface area contributed by atoms with Crippen molar-refractivity contribution in [2.24, 2.45) is 0 Å². The lowest BCUT2D eigenvalue weighted by molar-refractivity contribution is -0.121. The number of aromatic amines is 3. The number of H-pyrrole nitrogens is 3. The van der Waals surface area contributed by atoms with Crippen molar-refractivity contribution >= 4 is 28.7 Å². The van der Waals surface area contributed by atoms with Crippen LogP contribution in [0.15, 0.2) is 33.9 Å². The minimum absolute atomic E-state index is 0.0815. The van der Waals surface area contributed by atoms with E-state index in [9.17, 15) is 14.4 Å². The monoisotopic (exact) mass is 388 g/mol. The summed E-state index contributed by atoms with van der Waals surface area (Å²) >= 11 is 1.69. The molecule has 0 bridgehead atoms. The van der Waals surface area contributed by atoms with E-state index in [1.807, 2.05) is 30.5 Å². The molecule has 0 fully saturated rings. The minimum Gasteiger partial charge on any atom is -0.346 e. The molecule has 0 aliphatic rings. The second-order valence-electron chi connectivity index (χ2n) is 5.99. The summed E-state index contributed by atoms with van der Waals surface area (Å²) in [5.74, 6) is 1.36. The number of imidazole rings is 1. The third kappa shape index (κ3) is 4.85. The summed E-state index contributed by atoms with van der Waals surface area (Å²) in [5, 5.41) is 8.82. The van der Waals surface area contributed by atoms with Crippen LogP contribution in [0, 0.1) is 0 Å². The zero-order valence-corrected chi connectivity index (χ0v) is 15.6. The van der Waals surface area contributed by atoms with Crippen molar-refractivity contribution in [1.82, 2.24) is 30.5 Å². The predicted octanol–water partition coefficient (Wildman–Crippen LogP) is 0.878. The number of hydrogen-bond donors (Lipinski definition) is 4. The number of amides is 1. The topological polar surface area (TPSA) is 136 Å². The average Bonchev–Trinajstić information content (AvgIpc) is 3.08. The first-order chi connectivity index (χ1) is 13.1. The van der Waals surface area contributed by atoms with E-state index in [4.69, 9.17) is 0 Å². The molecule has 0 saturated heterocycles. The quantitative estimate of drug-likeness (QED) is 0.452. The van der Waals surface area contributed by atoms with E-state index in [1.54, 1.807) is 11.8 Å². The number of carbonyl (C=O) groups excluding carboxylic acids is 1. The highest BCUT2D eigenvalue weighted by Gasteiger charge is 2.18. The predicted molar refractivity (Wildman–Crippen MR) is 104 cm³/mol. The molecule has 0 saturated carbocycles. The molecule has 27 heavy (non-hydrogen) atoms. The van der Waals surface area contributed by atoms with Crippen LogP contribution >= 0.6 is 11.8 Å². The Kier molecular flexibility index (Phi) is 6.07. The van der Waals surface area contributed by atoms with Gasteiger partial charge >= 0.3 is 5.69 Å². The van der Waals surface area contributed by atoms with Gasteiger partial charge in [-0.25, -0.2) is 14.9 Å². The first-order valence-electron chi connectivity index (χ1n) is 8.47. The van der Waals surface area contributed by atoms with Gasteiger partial charge in [0.2, 0.25) is 5.91 Å². The summed E-state index contributed by atoms with van der Waals surface area (Å²) in [5.41, 5.74) is 0.631. The summed E-state index contributed by atoms with van der Waals surface area (Å²) in [4.78, 5) is 45.0. The Morgan fingerprint density at radius 1 is 1.26 bits per heavy atom. The van der Waals surface area contributed by atoms with E-state index in [-0.39, 0.29) is 30.5 Å². The molecule has 1 atom stereocenters. The summed E-state index contributed by atoms with van der Waals surface area (Å²) < 4.78 is 0. The minimum atomic E-state index is -0.671. The van der Waals surface area contributed by atoms with Crippen molar-refractivity contribution in [3.8, 4) is 0 Å². The van der Waals surface area contributed by atoms with Gasteiger partial charge in [-0.3, -0.25) is 14.6 Å². The van der Waals surface area contributed by atoms with Crippen molar-refractivity contribution in [2.45, 2.75) is 25.3 Å². The van der Waals surface area contributed by atoms with E-state index >= 15 is 0 Å². The van der Waals surface area contributed by atoms with Gasteiger partial charge < -0.3 is 10.3 Å². The van der Waals surface area contributed by atoms with Gasteiger partial charge in [-0.1, -0.05) is 12.1 Å². The number of benzene rings is 1. The fourth-order valence-electron chi connectivity index (χ4n) is 2.69. The molecule has 0 aliphatic heterocycles. The fourth-order valence-corrected chi connectivity index (χ4v) is 3.16. The van der Waals surface area contributed by atoms with Crippen LogP contribution in [0.25, 0.3) is 11.0 Å². The van der Waals surface area contributed by atoms with Crippen molar-refractivity contribution in [1.29, 1.82) is 0 Å². The second kappa shape index (κ2) is 8.67. The summed E-state index contributed by atoms with van der Waals surface area (Å²) in [6, 6.07) is 7.44. The van der Waals surface area contributed by atoms with Gasteiger partial charge in [-0.15, -0.1) is 0 Å². The lowest BCUT2D eigenvalue weighted by Crippen LogP contribution is -2.32. The number of nitrogens with one attached hydrogen (secondary N) is 4. The second-order valence-corrected chi connectivity index (χ2v) is 6.98. The molecule has 0 aliphatic carbocycles. The number of thioether (sulfide) groups is 1. The highest BCUT2D eigenvalue weighted by molar-refractivity contribution is 7.98. The first kappa shape index (κ1) is 18.9. The van der Waals surface area contributed by atoms with E-state index in [2.05, 4.69) is 30.5 Å². The maximum Gasteiger partial charge on any atom is 0.342 e. The van der Waals surface area contributed by atoms with E-state index in [0.29, 0.717) is 5.82 Å². The lowest BCUT2D eigenvalue weighted by atomic mass is 10.2. The Morgan fingerprint density at radius 2 is 2.07 bits per heavy atom. The zero-order valence-electron chi connectivity index (χ0n) is 14.7. The van der Waals surface area contributed by atoms with Crippen LogP contribution in [-0.2, 0) is 11.2 Å². The standard InChI is InChI=1S/C17H20N6O3S/c1-27-9-8-12(15-19-10-4-2-3-5-11(10)20-15)18-14(24)7-6-13-16(25)21-17(26)23-22-13/h2-5,12H,6-9H2,1H3,(H,18,24)(H,19,20)(H2,21,23,25,26)/t12-/m1/s1. The molecule has 9 nitrogen and oxygen atoms in total. The van der Waals surface area contributed by atoms with Crippen LogP contribution in [-0.4, -0.2) is 43.1 Å². The maximum absolute atomic E-state index is 12.4. The molecule has 2 aromatic heterocycles. The molecular weight excluding hydrogens is 368 g/mol. The van der Waals surface area contributed by atoms with Gasteiger partial charge in [-0.2, -0.15) is 16.9 Å². The smallest absolute Gasteiger partial charge is 0.342 e.